The zero-order valence-corrected chi connectivity index (χ0v) is 9.50. The molecular weight excluding hydrogens is 231 g/mol. The Kier molecular flexibility index (Phi) is 3.11. The Hall–Kier alpha value is -1.14. The number of anilines is 1. The Morgan fingerprint density at radius 2 is 1.94 bits per heavy atom. The molecule has 1 aromatic carbocycles. The highest BCUT2D eigenvalue weighted by Crippen LogP contribution is 2.17. The largest absolute Gasteiger partial charge is 0.301 e. The first-order valence-corrected chi connectivity index (χ1v) is 6.55. The van der Waals surface area contributed by atoms with Crippen LogP contribution >= 0.6 is 0 Å². The molecule has 1 aromatic rings. The minimum Gasteiger partial charge on any atom is -0.271 e. The van der Waals surface area contributed by atoms with Crippen LogP contribution in [0.3, 0.4) is 0 Å². The fourth-order valence-corrected chi connectivity index (χ4v) is 2.99. The number of halogens is 1. The average molecular weight is 244 g/mol. The van der Waals surface area contributed by atoms with Crippen molar-refractivity contribution in [2.45, 2.75) is 12.8 Å². The molecule has 4 nitrogen and oxygen atoms in total. The summed E-state index contributed by atoms with van der Waals surface area (Å²) in [4.78, 5) is 0. The van der Waals surface area contributed by atoms with Crippen LogP contribution in [0.2, 0.25) is 0 Å². The monoisotopic (exact) mass is 244 g/mol. The van der Waals surface area contributed by atoms with E-state index in [1.165, 1.54) is 22.5 Å². The van der Waals surface area contributed by atoms with Crippen LogP contribution in [-0.4, -0.2) is 25.8 Å². The highest BCUT2D eigenvalue weighted by atomic mass is 32.2. The van der Waals surface area contributed by atoms with Crippen LogP contribution in [0.5, 0.6) is 0 Å². The number of nitrogens with one attached hydrogen (secondary N) is 1. The average Bonchev–Trinajstić information content (AvgIpc) is 2.69. The number of hydrogen-bond acceptors (Lipinski definition) is 2. The lowest BCUT2D eigenvalue weighted by atomic mass is 10.3. The first-order valence-electron chi connectivity index (χ1n) is 5.11. The molecule has 0 atom stereocenters. The lowest BCUT2D eigenvalue weighted by Crippen LogP contribution is -2.33. The highest BCUT2D eigenvalue weighted by Gasteiger charge is 2.24. The number of rotatable bonds is 3. The molecule has 16 heavy (non-hydrogen) atoms. The normalized spacial score (nSPS) is 17.6. The maximum atomic E-state index is 12.9. The molecule has 0 aliphatic carbocycles. The van der Waals surface area contributed by atoms with Gasteiger partial charge in [-0.25, -0.2) is 4.39 Å². The van der Waals surface area contributed by atoms with E-state index in [9.17, 15) is 12.8 Å². The topological polar surface area (TPSA) is 49.4 Å². The van der Waals surface area contributed by atoms with Gasteiger partial charge in [-0.15, -0.1) is 0 Å². The third-order valence-electron chi connectivity index (χ3n) is 2.48. The van der Waals surface area contributed by atoms with Crippen LogP contribution in [0.25, 0.3) is 0 Å². The molecule has 0 bridgehead atoms. The second kappa shape index (κ2) is 4.39. The van der Waals surface area contributed by atoms with E-state index in [0.717, 1.165) is 18.9 Å². The van der Waals surface area contributed by atoms with Gasteiger partial charge in [0, 0.05) is 13.1 Å². The number of nitrogens with zero attached hydrogens (tertiary/aromatic N) is 1. The number of hydrogen-bond donors (Lipinski definition) is 1. The second-order valence-electron chi connectivity index (χ2n) is 3.72. The first kappa shape index (κ1) is 11.3. The van der Waals surface area contributed by atoms with Gasteiger partial charge >= 0.3 is 10.2 Å². The Balaban J connectivity index is 2.14. The Morgan fingerprint density at radius 3 is 2.56 bits per heavy atom. The molecule has 1 fully saturated rings. The maximum absolute atomic E-state index is 12.9. The predicted molar refractivity (Wildman–Crippen MR) is 59.7 cm³/mol. The van der Waals surface area contributed by atoms with Crippen molar-refractivity contribution >= 4 is 15.9 Å². The lowest BCUT2D eigenvalue weighted by molar-refractivity contribution is 0.482. The first-order chi connectivity index (χ1) is 7.58. The fourth-order valence-electron chi connectivity index (χ4n) is 1.69. The summed E-state index contributed by atoms with van der Waals surface area (Å²) in [5.74, 6) is -0.457. The minimum atomic E-state index is -3.51. The molecule has 1 saturated heterocycles. The molecule has 6 heteroatoms. The third-order valence-corrected chi connectivity index (χ3v) is 4.02. The summed E-state index contributed by atoms with van der Waals surface area (Å²) in [5.41, 5.74) is 0.256. The van der Waals surface area contributed by atoms with Gasteiger partial charge in [0.25, 0.3) is 0 Å². The molecule has 0 spiro atoms. The van der Waals surface area contributed by atoms with Crippen molar-refractivity contribution in [1.29, 1.82) is 0 Å². The molecule has 2 rings (SSSR count). The van der Waals surface area contributed by atoms with Crippen LogP contribution in [0.4, 0.5) is 10.1 Å². The van der Waals surface area contributed by atoms with Gasteiger partial charge in [0.15, 0.2) is 0 Å². The van der Waals surface area contributed by atoms with Crippen molar-refractivity contribution in [2.75, 3.05) is 17.8 Å². The summed E-state index contributed by atoms with van der Waals surface area (Å²) < 4.78 is 40.2. The van der Waals surface area contributed by atoms with Crippen molar-refractivity contribution in [3.05, 3.63) is 30.1 Å². The van der Waals surface area contributed by atoms with Gasteiger partial charge in [0.2, 0.25) is 0 Å². The van der Waals surface area contributed by atoms with E-state index >= 15 is 0 Å². The molecule has 1 N–H and O–H groups in total. The van der Waals surface area contributed by atoms with Gasteiger partial charge < -0.3 is 0 Å². The Labute approximate surface area is 94.3 Å². The summed E-state index contributed by atoms with van der Waals surface area (Å²) in [7, 11) is -3.51. The predicted octanol–water partition coefficient (Wildman–Crippen LogP) is 1.58. The zero-order valence-electron chi connectivity index (χ0n) is 8.69. The van der Waals surface area contributed by atoms with Crippen molar-refractivity contribution in [2.24, 2.45) is 0 Å². The van der Waals surface area contributed by atoms with Gasteiger partial charge in [-0.3, -0.25) is 4.72 Å². The van der Waals surface area contributed by atoms with Gasteiger partial charge in [-0.2, -0.15) is 12.7 Å². The van der Waals surface area contributed by atoms with E-state index in [-0.39, 0.29) is 5.69 Å². The van der Waals surface area contributed by atoms with Gasteiger partial charge in [0.1, 0.15) is 5.82 Å². The Bertz CT molecular complexity index is 469. The maximum Gasteiger partial charge on any atom is 0.301 e. The zero-order chi connectivity index (χ0) is 11.6. The summed E-state index contributed by atoms with van der Waals surface area (Å²) in [6.07, 6.45) is 1.76. The third kappa shape index (κ3) is 2.51. The molecule has 1 heterocycles. The molecule has 1 aliphatic rings. The summed E-state index contributed by atoms with van der Waals surface area (Å²) in [6, 6.07) is 5.43. The van der Waals surface area contributed by atoms with E-state index in [2.05, 4.69) is 4.72 Å². The van der Waals surface area contributed by atoms with Crippen LogP contribution in [0, 0.1) is 5.82 Å². The van der Waals surface area contributed by atoms with Crippen molar-refractivity contribution in [1.82, 2.24) is 4.31 Å². The van der Waals surface area contributed by atoms with Crippen LogP contribution in [0.1, 0.15) is 12.8 Å². The summed E-state index contributed by atoms with van der Waals surface area (Å²) in [5, 5.41) is 0. The Morgan fingerprint density at radius 1 is 1.25 bits per heavy atom. The number of benzene rings is 1. The molecule has 0 saturated carbocycles. The smallest absolute Gasteiger partial charge is 0.271 e. The van der Waals surface area contributed by atoms with E-state index < -0.39 is 16.0 Å². The quantitative estimate of drug-likeness (QED) is 0.877. The SMILES string of the molecule is O=S(=O)(Nc1cccc(F)c1)N1CCCC1. The standard InChI is InChI=1S/C10H13FN2O2S/c11-9-4-3-5-10(8-9)12-16(14,15)13-6-1-2-7-13/h3-5,8,12H,1-2,6-7H2. The highest BCUT2D eigenvalue weighted by molar-refractivity contribution is 7.90. The molecule has 0 unspecified atom stereocenters. The van der Waals surface area contributed by atoms with E-state index in [0.29, 0.717) is 13.1 Å². The second-order valence-corrected chi connectivity index (χ2v) is 5.39. The molecule has 0 aromatic heterocycles. The van der Waals surface area contributed by atoms with Gasteiger partial charge in [-0.05, 0) is 31.0 Å². The van der Waals surface area contributed by atoms with E-state index in [1.807, 2.05) is 0 Å². The summed E-state index contributed by atoms with van der Waals surface area (Å²) >= 11 is 0. The van der Waals surface area contributed by atoms with Crippen LogP contribution < -0.4 is 4.72 Å². The van der Waals surface area contributed by atoms with Crippen molar-refractivity contribution < 1.29 is 12.8 Å². The molecular formula is C10H13FN2O2S. The van der Waals surface area contributed by atoms with E-state index in [1.54, 1.807) is 0 Å². The molecule has 0 amide bonds. The minimum absolute atomic E-state index is 0.256. The fraction of sp³-hybridized carbons (Fsp3) is 0.400. The summed E-state index contributed by atoms with van der Waals surface area (Å²) in [6.45, 7) is 1.06. The molecule has 0 radical (unpaired) electrons. The van der Waals surface area contributed by atoms with Gasteiger partial charge in [-0.1, -0.05) is 6.07 Å². The van der Waals surface area contributed by atoms with Crippen molar-refractivity contribution in [3.63, 3.8) is 0 Å². The molecule has 1 aliphatic heterocycles. The van der Waals surface area contributed by atoms with Crippen LogP contribution in [-0.2, 0) is 10.2 Å². The molecule has 88 valence electrons. The lowest BCUT2D eigenvalue weighted by Gasteiger charge is -2.16. The van der Waals surface area contributed by atoms with Crippen molar-refractivity contribution in [3.8, 4) is 0 Å². The van der Waals surface area contributed by atoms with E-state index in [4.69, 9.17) is 0 Å². The van der Waals surface area contributed by atoms with Crippen LogP contribution in [0.15, 0.2) is 24.3 Å². The van der Waals surface area contributed by atoms with Gasteiger partial charge in [0.05, 0.1) is 5.69 Å².